The van der Waals surface area contributed by atoms with E-state index in [1.54, 1.807) is 12.1 Å². The number of hydrogen-bond acceptors (Lipinski definition) is 5. The summed E-state index contributed by atoms with van der Waals surface area (Å²) in [6, 6.07) is 17.5. The maximum Gasteiger partial charge on any atom is 0.315 e. The number of nitrogens with zero attached hydrogens (tertiary/aromatic N) is 4. The number of aromatic nitrogens is 1. The average Bonchev–Trinajstić information content (AvgIpc) is 3.27. The van der Waals surface area contributed by atoms with Crippen molar-refractivity contribution in [3.8, 4) is 0 Å². The quantitative estimate of drug-likeness (QED) is 0.483. The lowest BCUT2D eigenvalue weighted by atomic mass is 10.1. The molecule has 0 radical (unpaired) electrons. The van der Waals surface area contributed by atoms with Crippen LogP contribution in [0.25, 0.3) is 10.9 Å². The molecule has 2 aliphatic rings. The van der Waals surface area contributed by atoms with Crippen LogP contribution in [0.2, 0.25) is 0 Å². The predicted molar refractivity (Wildman–Crippen MR) is 137 cm³/mol. The molecule has 0 N–H and O–H groups in total. The van der Waals surface area contributed by atoms with Gasteiger partial charge in [-0.2, -0.15) is 0 Å². The summed E-state index contributed by atoms with van der Waals surface area (Å²) in [6.07, 6.45) is 2.20. The van der Waals surface area contributed by atoms with Gasteiger partial charge in [-0.25, -0.2) is 9.21 Å². The van der Waals surface area contributed by atoms with E-state index in [0.29, 0.717) is 25.4 Å². The summed E-state index contributed by atoms with van der Waals surface area (Å²) in [4.78, 5) is 30.9. The maximum atomic E-state index is 13.8. The fourth-order valence-corrected chi connectivity index (χ4v) is 7.84. The van der Waals surface area contributed by atoms with Gasteiger partial charge in [0.05, 0.1) is 17.2 Å². The molecule has 1 aromatic heterocycles. The summed E-state index contributed by atoms with van der Waals surface area (Å²) < 4.78 is 10.4. The number of imide groups is 1. The van der Waals surface area contributed by atoms with E-state index in [-0.39, 0.29) is 16.1 Å². The van der Waals surface area contributed by atoms with Crippen LogP contribution in [-0.2, 0) is 22.6 Å². The number of para-hydroxylation sites is 2. The first kappa shape index (κ1) is 22.9. The number of hydrogen-bond donors (Lipinski definition) is 0. The molecule has 7 nitrogen and oxygen atoms in total. The van der Waals surface area contributed by atoms with Crippen LogP contribution in [0.3, 0.4) is 0 Å². The zero-order chi connectivity index (χ0) is 23.9. The SMILES string of the molecule is C=C1C(=O)N(c2ccccc2)C(=O)S1(OCC)N1CCN(Cc2cn(C)c3ccccc23)CC1. The molecule has 0 bridgehead atoms. The molecule has 2 saturated heterocycles. The third kappa shape index (κ3) is 3.58. The van der Waals surface area contributed by atoms with Crippen molar-refractivity contribution >= 4 is 38.2 Å². The summed E-state index contributed by atoms with van der Waals surface area (Å²) in [7, 11) is -0.523. The van der Waals surface area contributed by atoms with Crippen molar-refractivity contribution in [1.29, 1.82) is 0 Å². The number of amides is 2. The third-order valence-corrected chi connectivity index (χ3v) is 9.73. The first-order valence-electron chi connectivity index (χ1n) is 11.6. The summed E-state index contributed by atoms with van der Waals surface area (Å²) in [6.45, 7) is 9.97. The summed E-state index contributed by atoms with van der Waals surface area (Å²) in [5, 5.41) is 0.977. The lowest BCUT2D eigenvalue weighted by Gasteiger charge is -2.46. The van der Waals surface area contributed by atoms with E-state index < -0.39 is 10.5 Å². The Labute approximate surface area is 201 Å². The second-order valence-electron chi connectivity index (χ2n) is 8.59. The highest BCUT2D eigenvalue weighted by Gasteiger charge is 2.56. The van der Waals surface area contributed by atoms with E-state index in [9.17, 15) is 9.59 Å². The Hall–Kier alpha value is -2.91. The van der Waals surface area contributed by atoms with E-state index in [4.69, 9.17) is 4.18 Å². The predicted octanol–water partition coefficient (Wildman–Crippen LogP) is 4.65. The van der Waals surface area contributed by atoms with Crippen molar-refractivity contribution in [3.05, 3.63) is 77.8 Å². The van der Waals surface area contributed by atoms with Crippen LogP contribution in [0.5, 0.6) is 0 Å². The number of aryl methyl sites for hydroxylation is 1. The summed E-state index contributed by atoms with van der Waals surface area (Å²) in [5.41, 5.74) is 3.08. The second kappa shape index (κ2) is 9.03. The molecular weight excluding hydrogens is 448 g/mol. The maximum absolute atomic E-state index is 13.8. The van der Waals surface area contributed by atoms with Crippen molar-refractivity contribution in [1.82, 2.24) is 13.8 Å². The van der Waals surface area contributed by atoms with Crippen molar-refractivity contribution in [2.24, 2.45) is 7.05 Å². The molecule has 5 rings (SSSR count). The van der Waals surface area contributed by atoms with E-state index in [0.717, 1.165) is 19.6 Å². The van der Waals surface area contributed by atoms with Gasteiger partial charge in [-0.05, 0) is 30.7 Å². The van der Waals surface area contributed by atoms with Gasteiger partial charge in [-0.1, -0.05) is 43.0 Å². The Balaban J connectivity index is 1.36. The van der Waals surface area contributed by atoms with Crippen molar-refractivity contribution < 1.29 is 13.8 Å². The van der Waals surface area contributed by atoms with Crippen molar-refractivity contribution in [2.75, 3.05) is 37.7 Å². The van der Waals surface area contributed by atoms with Gasteiger partial charge in [0.15, 0.2) is 0 Å². The molecular formula is C26H30N4O3S. The largest absolute Gasteiger partial charge is 0.350 e. The van der Waals surface area contributed by atoms with Gasteiger partial charge < -0.3 is 8.75 Å². The topological polar surface area (TPSA) is 58.0 Å². The molecule has 3 aromatic rings. The number of rotatable bonds is 6. The zero-order valence-electron chi connectivity index (χ0n) is 19.6. The van der Waals surface area contributed by atoms with Gasteiger partial charge in [-0.3, -0.25) is 14.5 Å². The second-order valence-corrected chi connectivity index (χ2v) is 11.2. The van der Waals surface area contributed by atoms with E-state index in [1.165, 1.54) is 21.4 Å². The van der Waals surface area contributed by atoms with Gasteiger partial charge in [0.1, 0.15) is 0 Å². The van der Waals surface area contributed by atoms with Crippen molar-refractivity contribution in [3.63, 3.8) is 0 Å². The molecule has 0 aliphatic carbocycles. The van der Waals surface area contributed by atoms with Crippen LogP contribution < -0.4 is 4.90 Å². The molecule has 2 aliphatic heterocycles. The molecule has 1 unspecified atom stereocenters. The highest BCUT2D eigenvalue weighted by Crippen LogP contribution is 2.65. The number of anilines is 1. The van der Waals surface area contributed by atoms with Crippen LogP contribution in [-0.4, -0.2) is 57.7 Å². The molecule has 0 spiro atoms. The molecule has 2 fully saturated rings. The fourth-order valence-electron chi connectivity index (χ4n) is 4.92. The standard InChI is InChI=1S/C26H30N4O3S/c1-4-33-34(20(2)25(31)30(26(34)32)22-10-6-5-7-11-22)29-16-14-28(15-17-29)19-21-18-27(3)24-13-9-8-12-23(21)24/h5-13,18H,2,4,14-17,19H2,1,3H3. The molecule has 0 saturated carbocycles. The van der Waals surface area contributed by atoms with Gasteiger partial charge in [-0.15, -0.1) is 0 Å². The molecule has 1 atom stereocenters. The van der Waals surface area contributed by atoms with Crippen LogP contribution in [0, 0.1) is 0 Å². The molecule has 8 heteroatoms. The Morgan fingerprint density at radius 1 is 0.971 bits per heavy atom. The minimum Gasteiger partial charge on any atom is -0.350 e. The Bertz CT molecular complexity index is 1250. The van der Waals surface area contributed by atoms with Gasteiger partial charge in [0.2, 0.25) is 0 Å². The van der Waals surface area contributed by atoms with Gasteiger partial charge in [0, 0.05) is 67.4 Å². The van der Waals surface area contributed by atoms with E-state index in [1.807, 2.05) is 25.1 Å². The Kier molecular flexibility index (Phi) is 6.07. The molecule has 34 heavy (non-hydrogen) atoms. The average molecular weight is 479 g/mol. The molecule has 178 valence electrons. The molecule has 2 amide bonds. The first-order chi connectivity index (χ1) is 16.5. The molecule has 2 aromatic carbocycles. The summed E-state index contributed by atoms with van der Waals surface area (Å²) in [5.74, 6) is -0.363. The lowest BCUT2D eigenvalue weighted by Crippen LogP contribution is -2.48. The van der Waals surface area contributed by atoms with Crippen molar-refractivity contribution in [2.45, 2.75) is 13.5 Å². The normalized spacial score (nSPS) is 24.2. The molecule has 3 heterocycles. The first-order valence-corrected chi connectivity index (χ1v) is 13.1. The van der Waals surface area contributed by atoms with Crippen LogP contribution in [0.15, 0.2) is 72.3 Å². The number of piperazine rings is 1. The third-order valence-electron chi connectivity index (χ3n) is 6.57. The number of benzene rings is 2. The van der Waals surface area contributed by atoms with Gasteiger partial charge >= 0.3 is 5.24 Å². The summed E-state index contributed by atoms with van der Waals surface area (Å²) >= 11 is 0. The highest BCUT2D eigenvalue weighted by molar-refractivity contribution is 8.44. The Morgan fingerprint density at radius 2 is 1.65 bits per heavy atom. The number of carbonyl (C=O) groups is 2. The van der Waals surface area contributed by atoms with E-state index >= 15 is 0 Å². The lowest BCUT2D eigenvalue weighted by molar-refractivity contribution is -0.113. The van der Waals surface area contributed by atoms with Crippen LogP contribution in [0.1, 0.15) is 12.5 Å². The minimum atomic E-state index is -2.60. The van der Waals surface area contributed by atoms with Crippen LogP contribution in [0.4, 0.5) is 10.5 Å². The fraction of sp³-hybridized carbons (Fsp3) is 0.308. The highest BCUT2D eigenvalue weighted by atomic mass is 32.3. The minimum absolute atomic E-state index is 0.269. The number of fused-ring (bicyclic) bond motifs is 1. The number of carbonyl (C=O) groups excluding carboxylic acids is 2. The Morgan fingerprint density at radius 3 is 2.35 bits per heavy atom. The monoisotopic (exact) mass is 478 g/mol. The zero-order valence-corrected chi connectivity index (χ0v) is 20.5. The van der Waals surface area contributed by atoms with Gasteiger partial charge in [0.25, 0.3) is 5.91 Å². The van der Waals surface area contributed by atoms with E-state index in [2.05, 4.69) is 57.9 Å². The smallest absolute Gasteiger partial charge is 0.315 e. The van der Waals surface area contributed by atoms with Crippen LogP contribution >= 0.6 is 10.5 Å².